The van der Waals surface area contributed by atoms with Crippen LogP contribution in [0.15, 0.2) is 33.6 Å². The van der Waals surface area contributed by atoms with Crippen LogP contribution in [0.4, 0.5) is 0 Å². The minimum atomic E-state index is -3.29. The Kier molecular flexibility index (Phi) is 5.57. The normalized spacial score (nSPS) is 21.0. The van der Waals surface area contributed by atoms with E-state index in [9.17, 15) is 13.5 Å². The standard InChI is InChI=1S/C13H18BrNO4S/c14-11-1-3-13(4-2-11)20(17,18)8-6-15-5-7-19-10-12(15)9-16/h1-4,12,16H,5-10H2. The van der Waals surface area contributed by atoms with Crippen LogP contribution in [0.3, 0.4) is 0 Å². The summed E-state index contributed by atoms with van der Waals surface area (Å²) in [5, 5.41) is 9.26. The molecule has 0 radical (unpaired) electrons. The Morgan fingerprint density at radius 1 is 1.35 bits per heavy atom. The van der Waals surface area contributed by atoms with Crippen LogP contribution in [-0.2, 0) is 14.6 Å². The maximum absolute atomic E-state index is 12.2. The van der Waals surface area contributed by atoms with Gasteiger partial charge >= 0.3 is 0 Å². The average molecular weight is 364 g/mol. The number of benzene rings is 1. The van der Waals surface area contributed by atoms with Crippen LogP contribution < -0.4 is 0 Å². The van der Waals surface area contributed by atoms with Gasteiger partial charge in [0.1, 0.15) is 0 Å². The minimum Gasteiger partial charge on any atom is -0.395 e. The number of halogens is 1. The summed E-state index contributed by atoms with van der Waals surface area (Å²) in [4.78, 5) is 2.30. The van der Waals surface area contributed by atoms with Crippen molar-refractivity contribution in [3.05, 3.63) is 28.7 Å². The van der Waals surface area contributed by atoms with E-state index in [1.54, 1.807) is 24.3 Å². The van der Waals surface area contributed by atoms with Crippen LogP contribution in [0.1, 0.15) is 0 Å². The van der Waals surface area contributed by atoms with E-state index in [2.05, 4.69) is 15.9 Å². The van der Waals surface area contributed by atoms with Crippen LogP contribution in [0.25, 0.3) is 0 Å². The smallest absolute Gasteiger partial charge is 0.179 e. The average Bonchev–Trinajstić information content (AvgIpc) is 2.46. The van der Waals surface area contributed by atoms with E-state index in [1.165, 1.54) is 0 Å². The molecule has 1 saturated heterocycles. The first-order chi connectivity index (χ1) is 9.53. The van der Waals surface area contributed by atoms with Gasteiger partial charge in [0, 0.05) is 17.6 Å². The zero-order valence-corrected chi connectivity index (χ0v) is 13.4. The van der Waals surface area contributed by atoms with Gasteiger partial charge in [-0.3, -0.25) is 4.90 Å². The van der Waals surface area contributed by atoms with Crippen LogP contribution >= 0.6 is 15.9 Å². The molecular formula is C13H18BrNO4S. The third-order valence-electron chi connectivity index (χ3n) is 3.38. The third kappa shape index (κ3) is 4.02. The molecule has 1 aromatic carbocycles. The second-order valence-electron chi connectivity index (χ2n) is 4.72. The molecule has 1 aromatic rings. The van der Waals surface area contributed by atoms with Gasteiger partial charge in [0.25, 0.3) is 0 Å². The predicted molar refractivity (Wildman–Crippen MR) is 79.5 cm³/mol. The second kappa shape index (κ2) is 7.00. The molecule has 20 heavy (non-hydrogen) atoms. The molecule has 0 amide bonds. The van der Waals surface area contributed by atoms with Gasteiger partial charge in [-0.05, 0) is 24.3 Å². The van der Waals surface area contributed by atoms with E-state index >= 15 is 0 Å². The summed E-state index contributed by atoms with van der Waals surface area (Å²) in [6.45, 7) is 2.08. The zero-order chi connectivity index (χ0) is 14.6. The Morgan fingerprint density at radius 2 is 2.05 bits per heavy atom. The van der Waals surface area contributed by atoms with Crippen LogP contribution in [0, 0.1) is 0 Å². The highest BCUT2D eigenvalue weighted by atomic mass is 79.9. The fourth-order valence-electron chi connectivity index (χ4n) is 2.15. The van der Waals surface area contributed by atoms with Gasteiger partial charge in [-0.25, -0.2) is 8.42 Å². The zero-order valence-electron chi connectivity index (χ0n) is 11.0. The van der Waals surface area contributed by atoms with Gasteiger partial charge in [-0.15, -0.1) is 0 Å². The molecule has 1 aliphatic rings. The van der Waals surface area contributed by atoms with Crippen molar-refractivity contribution in [2.24, 2.45) is 0 Å². The van der Waals surface area contributed by atoms with Gasteiger partial charge < -0.3 is 9.84 Å². The first-order valence-electron chi connectivity index (χ1n) is 6.44. The van der Waals surface area contributed by atoms with E-state index in [0.29, 0.717) is 31.2 Å². The molecule has 0 spiro atoms. The first-order valence-corrected chi connectivity index (χ1v) is 8.88. The lowest BCUT2D eigenvalue weighted by molar-refractivity contribution is -0.0245. The number of hydrogen-bond donors (Lipinski definition) is 1. The summed E-state index contributed by atoms with van der Waals surface area (Å²) >= 11 is 3.29. The van der Waals surface area contributed by atoms with Crippen LogP contribution in [0.2, 0.25) is 0 Å². The summed E-state index contributed by atoms with van der Waals surface area (Å²) in [6, 6.07) is 6.53. The van der Waals surface area contributed by atoms with Crippen molar-refractivity contribution in [1.29, 1.82) is 0 Å². The molecule has 1 atom stereocenters. The third-order valence-corrected chi connectivity index (χ3v) is 5.62. The predicted octanol–water partition coefficient (Wildman–Crippen LogP) is 0.916. The quantitative estimate of drug-likeness (QED) is 0.842. The molecule has 7 heteroatoms. The molecule has 1 unspecified atom stereocenters. The lowest BCUT2D eigenvalue weighted by Crippen LogP contribution is -2.49. The molecule has 1 fully saturated rings. The number of aliphatic hydroxyl groups excluding tert-OH is 1. The molecule has 112 valence electrons. The second-order valence-corrected chi connectivity index (χ2v) is 7.74. The highest BCUT2D eigenvalue weighted by molar-refractivity contribution is 9.10. The number of morpholine rings is 1. The van der Waals surface area contributed by atoms with Crippen molar-refractivity contribution in [1.82, 2.24) is 4.90 Å². The Morgan fingerprint density at radius 3 is 2.70 bits per heavy atom. The van der Waals surface area contributed by atoms with Gasteiger partial charge in [-0.2, -0.15) is 0 Å². The lowest BCUT2D eigenvalue weighted by Gasteiger charge is -2.34. The first kappa shape index (κ1) is 15.9. The van der Waals surface area contributed by atoms with E-state index < -0.39 is 9.84 Å². The van der Waals surface area contributed by atoms with E-state index in [0.717, 1.165) is 4.47 Å². The molecule has 0 aliphatic carbocycles. The molecule has 1 N–H and O–H groups in total. The van der Waals surface area contributed by atoms with E-state index in [-0.39, 0.29) is 18.4 Å². The van der Waals surface area contributed by atoms with E-state index in [1.807, 2.05) is 4.90 Å². The lowest BCUT2D eigenvalue weighted by atomic mass is 10.2. The Hall–Kier alpha value is -0.470. The maximum atomic E-state index is 12.2. The highest BCUT2D eigenvalue weighted by Gasteiger charge is 2.24. The molecule has 0 aromatic heterocycles. The molecule has 2 rings (SSSR count). The summed E-state index contributed by atoms with van der Waals surface area (Å²) < 4.78 is 30.6. The van der Waals surface area contributed by atoms with Crippen LogP contribution in [0.5, 0.6) is 0 Å². The van der Waals surface area contributed by atoms with E-state index in [4.69, 9.17) is 4.74 Å². The molecule has 1 heterocycles. The maximum Gasteiger partial charge on any atom is 0.179 e. The number of hydrogen-bond acceptors (Lipinski definition) is 5. The highest BCUT2D eigenvalue weighted by Crippen LogP contribution is 2.16. The SMILES string of the molecule is O=S(=O)(CCN1CCOCC1CO)c1ccc(Br)cc1. The van der Waals surface area contributed by atoms with Crippen molar-refractivity contribution in [2.75, 3.05) is 38.7 Å². The number of sulfone groups is 1. The van der Waals surface area contributed by atoms with Gasteiger partial charge in [-0.1, -0.05) is 15.9 Å². The monoisotopic (exact) mass is 363 g/mol. The minimum absolute atomic E-state index is 0.0155. The molecule has 5 nitrogen and oxygen atoms in total. The van der Waals surface area contributed by atoms with Crippen molar-refractivity contribution < 1.29 is 18.3 Å². The number of aliphatic hydroxyl groups is 1. The van der Waals surface area contributed by atoms with Gasteiger partial charge in [0.15, 0.2) is 9.84 Å². The Balaban J connectivity index is 1.99. The number of ether oxygens (including phenoxy) is 1. The molecule has 0 saturated carbocycles. The van der Waals surface area contributed by atoms with Gasteiger partial charge in [0.05, 0.1) is 36.5 Å². The van der Waals surface area contributed by atoms with Crippen molar-refractivity contribution >= 4 is 25.8 Å². The fourth-order valence-corrected chi connectivity index (χ4v) is 3.67. The largest absolute Gasteiger partial charge is 0.395 e. The number of rotatable bonds is 5. The topological polar surface area (TPSA) is 66.8 Å². The van der Waals surface area contributed by atoms with Crippen LogP contribution in [-0.4, -0.2) is 63.1 Å². The molecule has 1 aliphatic heterocycles. The number of nitrogens with zero attached hydrogens (tertiary/aromatic N) is 1. The fraction of sp³-hybridized carbons (Fsp3) is 0.538. The van der Waals surface area contributed by atoms with Crippen molar-refractivity contribution in [3.63, 3.8) is 0 Å². The summed E-state index contributed by atoms with van der Waals surface area (Å²) in [7, 11) is -3.29. The molecular weight excluding hydrogens is 346 g/mol. The Bertz CT molecular complexity index is 532. The summed E-state index contributed by atoms with van der Waals surface area (Å²) in [6.07, 6.45) is 0. The Labute approximate surface area is 127 Å². The van der Waals surface area contributed by atoms with Gasteiger partial charge in [0.2, 0.25) is 0 Å². The summed E-state index contributed by atoms with van der Waals surface area (Å²) in [5.74, 6) is 0.0468. The summed E-state index contributed by atoms with van der Waals surface area (Å²) in [5.41, 5.74) is 0. The molecule has 0 bridgehead atoms. The van der Waals surface area contributed by atoms with Crippen molar-refractivity contribution in [3.8, 4) is 0 Å². The van der Waals surface area contributed by atoms with Crippen molar-refractivity contribution in [2.45, 2.75) is 10.9 Å².